The van der Waals surface area contributed by atoms with Crippen molar-refractivity contribution >= 4 is 33.2 Å². The van der Waals surface area contributed by atoms with Gasteiger partial charge in [0.1, 0.15) is 34.2 Å². The molecule has 0 radical (unpaired) electrons. The molecule has 0 saturated heterocycles. The van der Waals surface area contributed by atoms with Crippen LogP contribution in [-0.4, -0.2) is 25.0 Å². The summed E-state index contributed by atoms with van der Waals surface area (Å²) >= 11 is 1.52. The summed E-state index contributed by atoms with van der Waals surface area (Å²) in [6.45, 7) is 3.85. The molecule has 0 fully saturated rings. The van der Waals surface area contributed by atoms with Gasteiger partial charge in [-0.3, -0.25) is 0 Å². The maximum Gasteiger partial charge on any atom is 0.165 e. The van der Waals surface area contributed by atoms with Crippen LogP contribution in [-0.2, 0) is 0 Å². The number of halogens is 1. The maximum absolute atomic E-state index is 13.1. The van der Waals surface area contributed by atoms with Gasteiger partial charge in [-0.25, -0.2) is 19.3 Å². The summed E-state index contributed by atoms with van der Waals surface area (Å²) in [5, 5.41) is 14.7. The van der Waals surface area contributed by atoms with Crippen LogP contribution in [0.5, 0.6) is 0 Å². The molecule has 0 aliphatic rings. The van der Waals surface area contributed by atoms with Crippen molar-refractivity contribution in [2.24, 2.45) is 0 Å². The Kier molecular flexibility index (Phi) is 4.14. The molecule has 3 heterocycles. The number of nitrogens with one attached hydrogen (secondary N) is 2. The van der Waals surface area contributed by atoms with Gasteiger partial charge in [0.25, 0.3) is 0 Å². The second kappa shape index (κ2) is 6.47. The molecule has 0 bridgehead atoms. The Bertz CT molecular complexity index is 1070. The van der Waals surface area contributed by atoms with Gasteiger partial charge in [-0.2, -0.15) is 0 Å². The van der Waals surface area contributed by atoms with Gasteiger partial charge in [-0.1, -0.05) is 12.1 Å². The van der Waals surface area contributed by atoms with Gasteiger partial charge >= 0.3 is 0 Å². The van der Waals surface area contributed by atoms with Crippen LogP contribution in [0.4, 0.5) is 16.0 Å². The van der Waals surface area contributed by atoms with Crippen LogP contribution in [0.2, 0.25) is 0 Å². The van der Waals surface area contributed by atoms with E-state index in [1.165, 1.54) is 35.6 Å². The van der Waals surface area contributed by atoms with E-state index in [2.05, 4.69) is 25.3 Å². The van der Waals surface area contributed by atoms with E-state index in [4.69, 9.17) is 0 Å². The SMILES string of the molecule is Cc1ncc(Nc2nc(C(O)c3ccc(F)cc3)nc3sc(C)cc23)[nH]1. The lowest BCUT2D eigenvalue weighted by Gasteiger charge is -2.12. The predicted octanol–water partition coefficient (Wildman–Crippen LogP) is 4.00. The van der Waals surface area contributed by atoms with E-state index in [1.807, 2.05) is 19.9 Å². The lowest BCUT2D eigenvalue weighted by molar-refractivity contribution is 0.210. The molecule has 4 rings (SSSR count). The molecule has 0 saturated carbocycles. The standard InChI is InChI=1S/C18H16FN5OS/c1-9-7-13-16(22-14-8-20-10(2)21-14)23-17(24-18(13)26-9)15(25)11-3-5-12(19)6-4-11/h3-8,15,25H,1-2H3,(H,20,21)(H,22,23,24). The Morgan fingerprint density at radius 2 is 1.96 bits per heavy atom. The van der Waals surface area contributed by atoms with Gasteiger partial charge in [0.15, 0.2) is 5.82 Å². The molecule has 1 unspecified atom stereocenters. The van der Waals surface area contributed by atoms with Crippen molar-refractivity contribution in [3.63, 3.8) is 0 Å². The average molecular weight is 369 g/mol. The van der Waals surface area contributed by atoms with Gasteiger partial charge in [0, 0.05) is 4.88 Å². The number of fused-ring (bicyclic) bond motifs is 1. The number of hydrogen-bond donors (Lipinski definition) is 3. The first kappa shape index (κ1) is 16.6. The number of H-pyrrole nitrogens is 1. The lowest BCUT2D eigenvalue weighted by atomic mass is 10.1. The molecule has 8 heteroatoms. The van der Waals surface area contributed by atoms with Crippen LogP contribution in [0, 0.1) is 19.7 Å². The number of thiophene rings is 1. The van der Waals surface area contributed by atoms with E-state index in [-0.39, 0.29) is 11.6 Å². The van der Waals surface area contributed by atoms with E-state index in [0.29, 0.717) is 17.2 Å². The molecule has 1 aromatic carbocycles. The largest absolute Gasteiger partial charge is 0.380 e. The fourth-order valence-electron chi connectivity index (χ4n) is 2.68. The zero-order valence-corrected chi connectivity index (χ0v) is 14.9. The van der Waals surface area contributed by atoms with Crippen molar-refractivity contribution in [2.45, 2.75) is 20.0 Å². The first-order chi connectivity index (χ1) is 12.5. The monoisotopic (exact) mass is 369 g/mol. The highest BCUT2D eigenvalue weighted by Crippen LogP contribution is 2.32. The fraction of sp³-hybridized carbons (Fsp3) is 0.167. The number of imidazole rings is 1. The fourth-order valence-corrected chi connectivity index (χ4v) is 3.57. The van der Waals surface area contributed by atoms with Crippen LogP contribution >= 0.6 is 11.3 Å². The quantitative estimate of drug-likeness (QED) is 0.506. The molecule has 1 atom stereocenters. The Morgan fingerprint density at radius 3 is 2.65 bits per heavy atom. The number of aliphatic hydroxyl groups excluding tert-OH is 1. The molecule has 3 N–H and O–H groups in total. The van der Waals surface area contributed by atoms with Gasteiger partial charge < -0.3 is 15.4 Å². The smallest absolute Gasteiger partial charge is 0.165 e. The third-order valence-electron chi connectivity index (χ3n) is 3.92. The molecule has 6 nitrogen and oxygen atoms in total. The molecular formula is C18H16FN5OS. The van der Waals surface area contributed by atoms with E-state index in [9.17, 15) is 9.50 Å². The van der Waals surface area contributed by atoms with Crippen LogP contribution in [0.15, 0.2) is 36.5 Å². The minimum Gasteiger partial charge on any atom is -0.380 e. The lowest BCUT2D eigenvalue weighted by Crippen LogP contribution is -2.07. The third kappa shape index (κ3) is 3.16. The second-order valence-electron chi connectivity index (χ2n) is 5.97. The Morgan fingerprint density at radius 1 is 1.19 bits per heavy atom. The van der Waals surface area contributed by atoms with Gasteiger partial charge in [0.05, 0.1) is 11.6 Å². The van der Waals surface area contributed by atoms with E-state index in [1.54, 1.807) is 6.20 Å². The number of anilines is 2. The summed E-state index contributed by atoms with van der Waals surface area (Å²) in [7, 11) is 0. The number of aryl methyl sites for hydroxylation is 2. The maximum atomic E-state index is 13.1. The van der Waals surface area contributed by atoms with Crippen molar-refractivity contribution in [2.75, 3.05) is 5.32 Å². The summed E-state index contributed by atoms with van der Waals surface area (Å²) in [6, 6.07) is 7.66. The van der Waals surface area contributed by atoms with E-state index in [0.717, 1.165) is 20.9 Å². The van der Waals surface area contributed by atoms with Crippen LogP contribution in [0.25, 0.3) is 10.2 Å². The topological polar surface area (TPSA) is 86.7 Å². The Balaban J connectivity index is 1.78. The van der Waals surface area contributed by atoms with Crippen LogP contribution in [0.3, 0.4) is 0 Å². The minimum absolute atomic E-state index is 0.254. The van der Waals surface area contributed by atoms with Crippen molar-refractivity contribution in [1.82, 2.24) is 19.9 Å². The average Bonchev–Trinajstić information content (AvgIpc) is 3.19. The number of hydrogen-bond acceptors (Lipinski definition) is 6. The van der Waals surface area contributed by atoms with Gasteiger partial charge in [-0.15, -0.1) is 11.3 Å². The van der Waals surface area contributed by atoms with Crippen molar-refractivity contribution in [1.29, 1.82) is 0 Å². The highest BCUT2D eigenvalue weighted by Gasteiger charge is 2.18. The summed E-state index contributed by atoms with van der Waals surface area (Å²) in [6.07, 6.45) is 0.630. The first-order valence-corrected chi connectivity index (χ1v) is 8.81. The minimum atomic E-state index is -1.05. The van der Waals surface area contributed by atoms with Gasteiger partial charge in [-0.05, 0) is 37.6 Å². The van der Waals surface area contributed by atoms with Crippen molar-refractivity contribution in [3.8, 4) is 0 Å². The summed E-state index contributed by atoms with van der Waals surface area (Å²) < 4.78 is 13.1. The van der Waals surface area contributed by atoms with E-state index < -0.39 is 6.10 Å². The molecule has 0 spiro atoms. The molecule has 132 valence electrons. The molecule has 3 aromatic heterocycles. The molecule has 26 heavy (non-hydrogen) atoms. The third-order valence-corrected chi connectivity index (χ3v) is 4.86. The number of nitrogens with zero attached hydrogens (tertiary/aromatic N) is 3. The van der Waals surface area contributed by atoms with Crippen LogP contribution in [0.1, 0.15) is 28.2 Å². The van der Waals surface area contributed by atoms with Crippen molar-refractivity contribution in [3.05, 3.63) is 64.4 Å². The number of aliphatic hydroxyl groups is 1. The number of aromatic nitrogens is 4. The molecule has 4 aromatic rings. The number of benzene rings is 1. The number of rotatable bonds is 4. The summed E-state index contributed by atoms with van der Waals surface area (Å²) in [5.41, 5.74) is 0.530. The predicted molar refractivity (Wildman–Crippen MR) is 99.2 cm³/mol. The van der Waals surface area contributed by atoms with Crippen molar-refractivity contribution < 1.29 is 9.50 Å². The molecule has 0 aliphatic heterocycles. The molecule has 0 aliphatic carbocycles. The second-order valence-corrected chi connectivity index (χ2v) is 7.20. The molecular weight excluding hydrogens is 353 g/mol. The zero-order chi connectivity index (χ0) is 18.3. The zero-order valence-electron chi connectivity index (χ0n) is 14.1. The normalized spacial score (nSPS) is 12.5. The Hall–Kier alpha value is -2.84. The summed E-state index contributed by atoms with van der Waals surface area (Å²) in [4.78, 5) is 18.1. The first-order valence-electron chi connectivity index (χ1n) is 8.00. The highest BCUT2D eigenvalue weighted by molar-refractivity contribution is 7.18. The number of aromatic amines is 1. The highest BCUT2D eigenvalue weighted by atomic mass is 32.1. The summed E-state index contributed by atoms with van der Waals surface area (Å²) in [5.74, 6) is 1.96. The van der Waals surface area contributed by atoms with Crippen LogP contribution < -0.4 is 5.32 Å². The molecule has 0 amide bonds. The van der Waals surface area contributed by atoms with Gasteiger partial charge in [0.2, 0.25) is 0 Å². The Labute approximate surface area is 152 Å². The van der Waals surface area contributed by atoms with E-state index >= 15 is 0 Å².